The van der Waals surface area contributed by atoms with Gasteiger partial charge in [-0.25, -0.2) is 4.79 Å². The van der Waals surface area contributed by atoms with Crippen LogP contribution in [0.1, 0.15) is 38.6 Å². The lowest BCUT2D eigenvalue weighted by Crippen LogP contribution is -2.62. The fourth-order valence-electron chi connectivity index (χ4n) is 5.02. The van der Waals surface area contributed by atoms with Crippen molar-refractivity contribution < 1.29 is 19.4 Å². The first-order valence-corrected chi connectivity index (χ1v) is 11.1. The molecule has 4 aliphatic rings. The molecule has 8 nitrogen and oxygen atoms in total. The van der Waals surface area contributed by atoms with Crippen molar-refractivity contribution in [2.24, 2.45) is 11.8 Å². The van der Waals surface area contributed by atoms with Gasteiger partial charge in [0.1, 0.15) is 12.1 Å². The van der Waals surface area contributed by atoms with Gasteiger partial charge in [0, 0.05) is 17.7 Å². The molecule has 0 bridgehead atoms. The molecule has 1 saturated heterocycles. The van der Waals surface area contributed by atoms with E-state index in [0.29, 0.717) is 29.9 Å². The molecule has 0 spiro atoms. The van der Waals surface area contributed by atoms with Gasteiger partial charge in [0.2, 0.25) is 0 Å². The van der Waals surface area contributed by atoms with Crippen LogP contribution >= 0.6 is 0 Å². The van der Waals surface area contributed by atoms with Crippen LogP contribution in [0, 0.1) is 11.8 Å². The van der Waals surface area contributed by atoms with Crippen molar-refractivity contribution in [3.8, 4) is 11.1 Å². The quantitative estimate of drug-likeness (QED) is 0.765. The van der Waals surface area contributed by atoms with E-state index in [1.807, 2.05) is 42.2 Å². The Morgan fingerprint density at radius 2 is 2.00 bits per heavy atom. The Bertz CT molecular complexity index is 1060. The summed E-state index contributed by atoms with van der Waals surface area (Å²) in [4.78, 5) is 27.0. The Hall–Kier alpha value is -2.87. The van der Waals surface area contributed by atoms with Crippen LogP contribution in [0.15, 0.2) is 30.6 Å². The molecule has 2 saturated carbocycles. The Balaban J connectivity index is 1.34. The number of anilines is 2. The highest BCUT2D eigenvalue weighted by Crippen LogP contribution is 2.46. The van der Waals surface area contributed by atoms with Crippen molar-refractivity contribution >= 4 is 23.3 Å². The third kappa shape index (κ3) is 3.12. The number of benzene rings is 1. The third-order valence-corrected chi connectivity index (χ3v) is 7.11. The Labute approximate surface area is 180 Å². The summed E-state index contributed by atoms with van der Waals surface area (Å²) in [6.07, 6.45) is 6.78. The second-order valence-electron chi connectivity index (χ2n) is 9.36. The number of carboxylic acid groups (broad SMARTS) is 1. The molecule has 4 atom stereocenters. The summed E-state index contributed by atoms with van der Waals surface area (Å²) in [5, 5.41) is 17.9. The molecular formula is C23H26N4O4. The van der Waals surface area contributed by atoms with Crippen molar-refractivity contribution in [2.75, 3.05) is 16.8 Å². The second-order valence-corrected chi connectivity index (χ2v) is 9.36. The van der Waals surface area contributed by atoms with E-state index < -0.39 is 18.2 Å². The van der Waals surface area contributed by atoms with Crippen molar-refractivity contribution in [1.82, 2.24) is 9.78 Å². The largest absolute Gasteiger partial charge is 0.465 e. The van der Waals surface area contributed by atoms with Gasteiger partial charge in [-0.1, -0.05) is 6.07 Å². The molecule has 1 aromatic heterocycles. The molecule has 0 radical (unpaired) electrons. The van der Waals surface area contributed by atoms with Crippen LogP contribution in [0.3, 0.4) is 0 Å². The number of hydrogen-bond donors (Lipinski definition) is 2. The number of rotatable bonds is 5. The molecule has 2 N–H and O–H groups in total. The highest BCUT2D eigenvalue weighted by molar-refractivity contribution is 6.04. The molecule has 3 unspecified atom stereocenters. The zero-order chi connectivity index (χ0) is 21.3. The number of aromatic nitrogens is 2. The number of fused-ring (bicyclic) bond motifs is 1. The van der Waals surface area contributed by atoms with E-state index in [1.165, 1.54) is 4.90 Å². The van der Waals surface area contributed by atoms with Gasteiger partial charge in [-0.3, -0.25) is 14.4 Å². The van der Waals surface area contributed by atoms with E-state index in [0.717, 1.165) is 36.8 Å². The maximum absolute atomic E-state index is 13.4. The van der Waals surface area contributed by atoms with Crippen LogP contribution in [-0.2, 0) is 9.53 Å². The molecule has 31 heavy (non-hydrogen) atoms. The van der Waals surface area contributed by atoms with Crippen LogP contribution in [0.4, 0.5) is 16.2 Å². The summed E-state index contributed by atoms with van der Waals surface area (Å²) >= 11 is 0. The monoisotopic (exact) mass is 422 g/mol. The number of carbonyl (C=O) groups excluding carboxylic acids is 1. The van der Waals surface area contributed by atoms with E-state index in [1.54, 1.807) is 0 Å². The topological polar surface area (TPSA) is 96.7 Å². The summed E-state index contributed by atoms with van der Waals surface area (Å²) in [7, 11) is 0. The van der Waals surface area contributed by atoms with E-state index >= 15 is 0 Å². The molecule has 8 heteroatoms. The molecule has 1 aromatic carbocycles. The lowest BCUT2D eigenvalue weighted by Gasteiger charge is -2.44. The molecule has 2 aliphatic carbocycles. The van der Waals surface area contributed by atoms with Crippen molar-refractivity contribution in [3.05, 3.63) is 30.6 Å². The number of nitrogens with one attached hydrogen (secondary N) is 1. The number of ketones is 1. The Kier molecular flexibility index (Phi) is 4.15. The minimum Gasteiger partial charge on any atom is -0.465 e. The van der Waals surface area contributed by atoms with Crippen molar-refractivity contribution in [1.29, 1.82) is 0 Å². The number of nitrogens with zero attached hydrogens (tertiary/aromatic N) is 3. The van der Waals surface area contributed by atoms with Gasteiger partial charge in [-0.15, -0.1) is 0 Å². The highest BCUT2D eigenvalue weighted by atomic mass is 16.5. The first-order valence-electron chi connectivity index (χ1n) is 11.1. The third-order valence-electron chi connectivity index (χ3n) is 7.11. The predicted octanol–water partition coefficient (Wildman–Crippen LogP) is 3.55. The highest BCUT2D eigenvalue weighted by Gasteiger charge is 2.52. The molecule has 6 rings (SSSR count). The summed E-state index contributed by atoms with van der Waals surface area (Å²) < 4.78 is 7.61. The predicted molar refractivity (Wildman–Crippen MR) is 114 cm³/mol. The number of carbonyl (C=O) groups is 2. The molecule has 3 fully saturated rings. The standard InChI is InChI=1S/C23H26N4O4/c1-12-20(21(28)22-17(11-31-22)13-2-3-13)27(23(29)30)19-8-14(4-7-18(19)25-12)15-9-24-26(10-15)16-5-6-16/h4,7-10,12-13,16-17,20,22,25H,2-3,5-6,11H2,1H3,(H,29,30)/t12-,17?,20?,22?/m0/s1. The van der Waals surface area contributed by atoms with E-state index in [2.05, 4.69) is 10.4 Å². The molecule has 3 heterocycles. The van der Waals surface area contributed by atoms with Gasteiger partial charge in [0.05, 0.1) is 36.3 Å². The molecule has 2 aromatic rings. The van der Waals surface area contributed by atoms with Crippen LogP contribution in [0.25, 0.3) is 11.1 Å². The van der Waals surface area contributed by atoms with Gasteiger partial charge in [0.25, 0.3) is 0 Å². The number of Topliss-reactive ketones (excluding diaryl/α,β-unsaturated/α-hetero) is 1. The fourth-order valence-corrected chi connectivity index (χ4v) is 5.02. The normalized spacial score (nSPS) is 29.6. The molecule has 162 valence electrons. The summed E-state index contributed by atoms with van der Waals surface area (Å²) in [5.74, 6) is 0.647. The summed E-state index contributed by atoms with van der Waals surface area (Å²) in [6.45, 7) is 2.47. The van der Waals surface area contributed by atoms with E-state index in [-0.39, 0.29) is 17.7 Å². The van der Waals surface area contributed by atoms with E-state index in [4.69, 9.17) is 4.74 Å². The molecular weight excluding hydrogens is 396 g/mol. The Morgan fingerprint density at radius 3 is 2.65 bits per heavy atom. The maximum atomic E-state index is 13.4. The average Bonchev–Trinajstić information content (AvgIpc) is 3.65. The van der Waals surface area contributed by atoms with Crippen LogP contribution in [-0.4, -0.2) is 51.6 Å². The lowest BCUT2D eigenvalue weighted by molar-refractivity contribution is -0.162. The molecule has 1 amide bonds. The van der Waals surface area contributed by atoms with Gasteiger partial charge in [-0.05, 0) is 56.2 Å². The smallest absolute Gasteiger partial charge is 0.412 e. The number of amides is 1. The average molecular weight is 422 g/mol. The zero-order valence-corrected chi connectivity index (χ0v) is 17.4. The van der Waals surface area contributed by atoms with Crippen molar-refractivity contribution in [2.45, 2.75) is 56.8 Å². The van der Waals surface area contributed by atoms with Gasteiger partial charge in [0.15, 0.2) is 5.78 Å². The first-order chi connectivity index (χ1) is 15.0. The first kappa shape index (κ1) is 18.9. The van der Waals surface area contributed by atoms with Gasteiger partial charge < -0.3 is 15.2 Å². The minimum atomic E-state index is -1.12. The van der Waals surface area contributed by atoms with Crippen LogP contribution in [0.5, 0.6) is 0 Å². The minimum absolute atomic E-state index is 0.136. The van der Waals surface area contributed by atoms with Crippen LogP contribution < -0.4 is 10.2 Å². The Morgan fingerprint density at radius 1 is 1.19 bits per heavy atom. The maximum Gasteiger partial charge on any atom is 0.412 e. The summed E-state index contributed by atoms with van der Waals surface area (Å²) in [6, 6.07) is 5.02. The zero-order valence-electron chi connectivity index (χ0n) is 17.4. The fraction of sp³-hybridized carbons (Fsp3) is 0.522. The lowest BCUT2D eigenvalue weighted by atomic mass is 9.84. The summed E-state index contributed by atoms with van der Waals surface area (Å²) in [5.41, 5.74) is 3.04. The van der Waals surface area contributed by atoms with Gasteiger partial charge in [-0.2, -0.15) is 5.10 Å². The van der Waals surface area contributed by atoms with Crippen LogP contribution in [0.2, 0.25) is 0 Å². The van der Waals surface area contributed by atoms with Crippen molar-refractivity contribution in [3.63, 3.8) is 0 Å². The number of hydrogen-bond acceptors (Lipinski definition) is 5. The van der Waals surface area contributed by atoms with Gasteiger partial charge >= 0.3 is 6.09 Å². The van der Waals surface area contributed by atoms with E-state index in [9.17, 15) is 14.7 Å². The second kappa shape index (κ2) is 6.82. The number of ether oxygens (including phenoxy) is 1. The molecule has 2 aliphatic heterocycles. The SMILES string of the molecule is C[C@@H]1Nc2ccc(-c3cnn(C4CC4)c3)cc2N(C(=O)O)C1C(=O)C1OCC1C1CC1.